The number of hydrogen-bond donors (Lipinski definition) is 0. The van der Waals surface area contributed by atoms with Gasteiger partial charge in [0.2, 0.25) is 5.91 Å². The zero-order chi connectivity index (χ0) is 16.7. The van der Waals surface area contributed by atoms with Crippen LogP contribution in [0.15, 0.2) is 12.1 Å². The first-order valence-electron chi connectivity index (χ1n) is 5.97. The molecular formula is C12H10F3NO5S. The molecule has 1 aromatic carbocycles. The molecule has 6 nitrogen and oxygen atoms in total. The Morgan fingerprint density at radius 2 is 1.91 bits per heavy atom. The molecule has 22 heavy (non-hydrogen) atoms. The van der Waals surface area contributed by atoms with Crippen LogP contribution in [0, 0.1) is 11.6 Å². The standard InChI is InChI=1S/C12H10F3NO5S/c1-21-12(18)10-7(13)2-3-8(14)11(10)16-5-6(4-9(16)17)22(15,19)20/h2-3,6H,4-5H2,1H3. The van der Waals surface area contributed by atoms with Gasteiger partial charge >= 0.3 is 16.2 Å². The minimum absolute atomic E-state index is 0.534. The van der Waals surface area contributed by atoms with E-state index in [4.69, 9.17) is 0 Å². The van der Waals surface area contributed by atoms with Crippen LogP contribution in [0.4, 0.5) is 18.4 Å². The number of anilines is 1. The first-order valence-corrected chi connectivity index (χ1v) is 7.41. The van der Waals surface area contributed by atoms with Gasteiger partial charge < -0.3 is 9.64 Å². The number of ether oxygens (including phenoxy) is 1. The molecular weight excluding hydrogens is 327 g/mol. The van der Waals surface area contributed by atoms with E-state index in [2.05, 4.69) is 4.74 Å². The zero-order valence-corrected chi connectivity index (χ0v) is 12.0. The number of halogens is 3. The summed E-state index contributed by atoms with van der Waals surface area (Å²) in [6.07, 6.45) is -0.727. The van der Waals surface area contributed by atoms with Crippen LogP contribution in [0.5, 0.6) is 0 Å². The molecule has 0 saturated carbocycles. The Morgan fingerprint density at radius 1 is 1.32 bits per heavy atom. The lowest BCUT2D eigenvalue weighted by molar-refractivity contribution is -0.117. The van der Waals surface area contributed by atoms with E-state index in [1.165, 1.54) is 0 Å². The summed E-state index contributed by atoms with van der Waals surface area (Å²) in [5.74, 6) is -4.47. The van der Waals surface area contributed by atoms with E-state index in [9.17, 15) is 30.7 Å². The van der Waals surface area contributed by atoms with Crippen molar-refractivity contribution in [1.82, 2.24) is 0 Å². The van der Waals surface area contributed by atoms with Gasteiger partial charge in [0.05, 0.1) is 12.8 Å². The zero-order valence-electron chi connectivity index (χ0n) is 11.2. The van der Waals surface area contributed by atoms with Crippen LogP contribution < -0.4 is 4.90 Å². The van der Waals surface area contributed by atoms with E-state index in [1.54, 1.807) is 0 Å². The van der Waals surface area contributed by atoms with Gasteiger partial charge in [0.25, 0.3) is 0 Å². The van der Waals surface area contributed by atoms with E-state index in [1.807, 2.05) is 0 Å². The third kappa shape index (κ3) is 2.78. The molecule has 1 amide bonds. The molecule has 10 heteroatoms. The monoisotopic (exact) mass is 337 g/mol. The molecule has 1 heterocycles. The predicted octanol–water partition coefficient (Wildman–Crippen LogP) is 1.16. The molecule has 0 aromatic heterocycles. The van der Waals surface area contributed by atoms with Crippen LogP contribution in [0.1, 0.15) is 16.8 Å². The summed E-state index contributed by atoms with van der Waals surface area (Å²) in [6, 6.07) is 1.33. The van der Waals surface area contributed by atoms with Gasteiger partial charge in [0.1, 0.15) is 22.4 Å². The first kappa shape index (κ1) is 16.3. The van der Waals surface area contributed by atoms with Crippen molar-refractivity contribution < 1.29 is 35.4 Å². The average Bonchev–Trinajstić information content (AvgIpc) is 2.82. The van der Waals surface area contributed by atoms with E-state index < -0.39 is 63.2 Å². The van der Waals surface area contributed by atoms with Crippen LogP contribution in [-0.2, 0) is 19.8 Å². The molecule has 1 unspecified atom stereocenters. The normalized spacial score (nSPS) is 18.6. The molecule has 2 rings (SSSR count). The lowest BCUT2D eigenvalue weighted by Gasteiger charge is -2.20. The van der Waals surface area contributed by atoms with Gasteiger partial charge in [0, 0.05) is 13.0 Å². The fourth-order valence-corrected chi connectivity index (χ4v) is 2.85. The fourth-order valence-electron chi connectivity index (χ4n) is 2.18. The van der Waals surface area contributed by atoms with Crippen molar-refractivity contribution in [2.24, 2.45) is 0 Å². The van der Waals surface area contributed by atoms with E-state index >= 15 is 0 Å². The summed E-state index contributed by atoms with van der Waals surface area (Å²) < 4.78 is 66.8. The smallest absolute Gasteiger partial charge is 0.343 e. The molecule has 1 aromatic rings. The molecule has 0 N–H and O–H groups in total. The summed E-state index contributed by atoms with van der Waals surface area (Å²) in [5, 5.41) is -1.70. The van der Waals surface area contributed by atoms with Crippen molar-refractivity contribution in [3.05, 3.63) is 29.3 Å². The number of nitrogens with zero attached hydrogens (tertiary/aromatic N) is 1. The second kappa shape index (κ2) is 5.59. The van der Waals surface area contributed by atoms with Crippen molar-refractivity contribution in [2.75, 3.05) is 18.6 Å². The maximum Gasteiger partial charge on any atom is 0.343 e. The lowest BCUT2D eigenvalue weighted by Crippen LogP contribution is -2.30. The van der Waals surface area contributed by atoms with E-state index in [0.29, 0.717) is 17.0 Å². The minimum Gasteiger partial charge on any atom is -0.465 e. The highest BCUT2D eigenvalue weighted by atomic mass is 32.3. The van der Waals surface area contributed by atoms with Crippen molar-refractivity contribution in [3.63, 3.8) is 0 Å². The highest BCUT2D eigenvalue weighted by Gasteiger charge is 2.42. The fraction of sp³-hybridized carbons (Fsp3) is 0.333. The molecule has 1 saturated heterocycles. The number of methoxy groups -OCH3 is 1. The number of esters is 1. The quantitative estimate of drug-likeness (QED) is 0.611. The molecule has 120 valence electrons. The van der Waals surface area contributed by atoms with Gasteiger partial charge in [-0.15, -0.1) is 3.89 Å². The Kier molecular flexibility index (Phi) is 4.14. The predicted molar refractivity (Wildman–Crippen MR) is 68.5 cm³/mol. The second-order valence-corrected chi connectivity index (χ2v) is 6.17. The summed E-state index contributed by atoms with van der Waals surface area (Å²) >= 11 is 0. The van der Waals surface area contributed by atoms with Gasteiger partial charge in [-0.25, -0.2) is 13.6 Å². The minimum atomic E-state index is -5.03. The van der Waals surface area contributed by atoms with Gasteiger partial charge in [-0.2, -0.15) is 8.42 Å². The number of carbonyl (C=O) groups is 2. The van der Waals surface area contributed by atoms with Gasteiger partial charge in [-0.05, 0) is 12.1 Å². The maximum absolute atomic E-state index is 14.0. The summed E-state index contributed by atoms with van der Waals surface area (Å²) in [7, 11) is -4.11. The Labute approximate surface area is 123 Å². The average molecular weight is 337 g/mol. The summed E-state index contributed by atoms with van der Waals surface area (Å²) in [6.45, 7) is -0.720. The molecule has 0 spiro atoms. The molecule has 0 radical (unpaired) electrons. The topological polar surface area (TPSA) is 80.8 Å². The van der Waals surface area contributed by atoms with Gasteiger partial charge in [0.15, 0.2) is 0 Å². The SMILES string of the molecule is COC(=O)c1c(F)ccc(F)c1N1CC(S(=O)(=O)F)CC1=O. The largest absolute Gasteiger partial charge is 0.465 e. The molecule has 1 aliphatic heterocycles. The summed E-state index contributed by atoms with van der Waals surface area (Å²) in [4.78, 5) is 23.9. The summed E-state index contributed by atoms with van der Waals surface area (Å²) in [5.41, 5.74) is -1.62. The number of benzene rings is 1. The molecule has 0 aliphatic carbocycles. The van der Waals surface area contributed by atoms with Crippen LogP contribution in [0.3, 0.4) is 0 Å². The van der Waals surface area contributed by atoms with Crippen LogP contribution in [0.2, 0.25) is 0 Å². The Morgan fingerprint density at radius 3 is 2.41 bits per heavy atom. The molecule has 1 atom stereocenters. The van der Waals surface area contributed by atoms with Gasteiger partial charge in [-0.1, -0.05) is 0 Å². The number of hydrogen-bond acceptors (Lipinski definition) is 5. The number of amides is 1. The number of rotatable bonds is 3. The van der Waals surface area contributed by atoms with Crippen LogP contribution in [-0.4, -0.2) is 39.2 Å². The van der Waals surface area contributed by atoms with Gasteiger partial charge in [-0.3, -0.25) is 4.79 Å². The maximum atomic E-state index is 14.0. The number of carbonyl (C=O) groups excluding carboxylic acids is 2. The Hall–Kier alpha value is -2.10. The van der Waals surface area contributed by atoms with Crippen molar-refractivity contribution in [3.8, 4) is 0 Å². The molecule has 1 fully saturated rings. The lowest BCUT2D eigenvalue weighted by atomic mass is 10.1. The van der Waals surface area contributed by atoms with E-state index in [-0.39, 0.29) is 0 Å². The third-order valence-electron chi connectivity index (χ3n) is 3.22. The van der Waals surface area contributed by atoms with Crippen molar-refractivity contribution in [2.45, 2.75) is 11.7 Å². The van der Waals surface area contributed by atoms with Crippen molar-refractivity contribution >= 4 is 27.8 Å². The van der Waals surface area contributed by atoms with E-state index in [0.717, 1.165) is 7.11 Å². The highest BCUT2D eigenvalue weighted by Crippen LogP contribution is 2.32. The molecule has 1 aliphatic rings. The Bertz CT molecular complexity index is 749. The Balaban J connectivity index is 2.56. The van der Waals surface area contributed by atoms with Crippen LogP contribution >= 0.6 is 0 Å². The molecule has 0 bridgehead atoms. The van der Waals surface area contributed by atoms with Crippen molar-refractivity contribution in [1.29, 1.82) is 0 Å². The van der Waals surface area contributed by atoms with Crippen LogP contribution in [0.25, 0.3) is 0 Å². The highest BCUT2D eigenvalue weighted by molar-refractivity contribution is 7.87. The second-order valence-electron chi connectivity index (χ2n) is 4.55. The third-order valence-corrected chi connectivity index (χ3v) is 4.34. The first-order chi connectivity index (χ1) is 10.2.